The number of hydrogen-bond donors (Lipinski definition) is 1. The highest BCUT2D eigenvalue weighted by Crippen LogP contribution is 2.30. The molecule has 0 aliphatic carbocycles. The Morgan fingerprint density at radius 2 is 1.93 bits per heavy atom. The molecule has 0 spiro atoms. The fraction of sp³-hybridized carbons (Fsp3) is 0.0952. The van der Waals surface area contributed by atoms with Gasteiger partial charge in [-0.3, -0.25) is 9.20 Å². The molecule has 144 valence electrons. The van der Waals surface area contributed by atoms with Crippen molar-refractivity contribution >= 4 is 28.6 Å². The number of benzene rings is 2. The minimum absolute atomic E-state index is 0.174. The van der Waals surface area contributed by atoms with Crippen LogP contribution in [0.15, 0.2) is 53.3 Å². The molecule has 0 atom stereocenters. The fourth-order valence-electron chi connectivity index (χ4n) is 3.23. The molecule has 0 saturated heterocycles. The van der Waals surface area contributed by atoms with Crippen LogP contribution in [0.5, 0.6) is 0 Å². The summed E-state index contributed by atoms with van der Waals surface area (Å²) in [6.07, 6.45) is -3.15. The van der Waals surface area contributed by atoms with E-state index in [0.717, 1.165) is 12.1 Å². The number of rotatable bonds is 2. The van der Waals surface area contributed by atoms with Crippen molar-refractivity contribution in [1.82, 2.24) is 9.38 Å². The van der Waals surface area contributed by atoms with Crippen LogP contribution in [0.4, 0.5) is 18.9 Å². The highest BCUT2D eigenvalue weighted by atomic mass is 19.4. The molecule has 0 fully saturated rings. The number of anilines is 1. The molecule has 2 heterocycles. The van der Waals surface area contributed by atoms with E-state index >= 15 is 0 Å². The van der Waals surface area contributed by atoms with E-state index in [-0.39, 0.29) is 22.1 Å². The monoisotopic (exact) mass is 394 g/mol. The summed E-state index contributed by atoms with van der Waals surface area (Å²) < 4.78 is 40.1. The van der Waals surface area contributed by atoms with Crippen LogP contribution in [-0.2, 0) is 6.18 Å². The molecule has 2 aromatic carbocycles. The van der Waals surface area contributed by atoms with Gasteiger partial charge in [0.15, 0.2) is 5.65 Å². The van der Waals surface area contributed by atoms with Crippen LogP contribution in [0.1, 0.15) is 16.7 Å². The number of fused-ring (bicyclic) bond motifs is 3. The van der Waals surface area contributed by atoms with Crippen molar-refractivity contribution in [2.24, 2.45) is 0 Å². The third kappa shape index (κ3) is 3.06. The van der Waals surface area contributed by atoms with Crippen molar-refractivity contribution < 1.29 is 13.2 Å². The second-order valence-corrected chi connectivity index (χ2v) is 6.46. The van der Waals surface area contributed by atoms with E-state index in [4.69, 9.17) is 0 Å². The van der Waals surface area contributed by atoms with Gasteiger partial charge < -0.3 is 5.32 Å². The Kier molecular flexibility index (Phi) is 4.23. The van der Waals surface area contributed by atoms with Gasteiger partial charge in [0.05, 0.1) is 27.4 Å². The Balaban J connectivity index is 1.94. The first-order valence-electron chi connectivity index (χ1n) is 8.59. The third-order valence-corrected chi connectivity index (χ3v) is 4.68. The molecular weight excluding hydrogens is 381 g/mol. The summed E-state index contributed by atoms with van der Waals surface area (Å²) in [7, 11) is 0. The second-order valence-electron chi connectivity index (χ2n) is 6.46. The molecule has 4 rings (SSSR count). The van der Waals surface area contributed by atoms with Gasteiger partial charge in [-0.15, -0.1) is 0 Å². The van der Waals surface area contributed by atoms with Gasteiger partial charge in [0.25, 0.3) is 5.56 Å². The SMILES string of the molecule is Cc1c(C#N)c2nc3ccccc3n2c(=O)/c1=C\Nc1cccc(C(F)(F)F)c1. The number of alkyl halides is 3. The maximum absolute atomic E-state index is 13.1. The third-order valence-electron chi connectivity index (χ3n) is 4.68. The lowest BCUT2D eigenvalue weighted by Gasteiger charge is -2.09. The van der Waals surface area contributed by atoms with Gasteiger partial charge in [-0.2, -0.15) is 18.4 Å². The van der Waals surface area contributed by atoms with Crippen LogP contribution in [0.2, 0.25) is 0 Å². The zero-order chi connectivity index (χ0) is 20.8. The molecule has 0 amide bonds. The minimum atomic E-state index is -4.47. The van der Waals surface area contributed by atoms with Crippen LogP contribution < -0.4 is 16.1 Å². The van der Waals surface area contributed by atoms with Gasteiger partial charge in [0.1, 0.15) is 6.07 Å². The molecular formula is C21H13F3N4O. The molecule has 0 aliphatic rings. The molecule has 1 N–H and O–H groups in total. The van der Waals surface area contributed by atoms with Gasteiger partial charge in [0.2, 0.25) is 0 Å². The van der Waals surface area contributed by atoms with Crippen molar-refractivity contribution in [1.29, 1.82) is 5.26 Å². The van der Waals surface area contributed by atoms with Gasteiger partial charge in [-0.1, -0.05) is 18.2 Å². The Bertz CT molecular complexity index is 1410. The van der Waals surface area contributed by atoms with Crippen LogP contribution >= 0.6 is 0 Å². The minimum Gasteiger partial charge on any atom is -0.361 e. The summed E-state index contributed by atoms with van der Waals surface area (Å²) in [5.41, 5.74) is 0.979. The van der Waals surface area contributed by atoms with Crippen molar-refractivity contribution in [2.75, 3.05) is 5.32 Å². The molecule has 4 aromatic rings. The summed E-state index contributed by atoms with van der Waals surface area (Å²) in [5, 5.41) is 12.5. The standard InChI is InChI=1S/C21H13F3N4O/c1-12-15(10-25)19-27-17-7-2-3-8-18(17)28(19)20(29)16(12)11-26-14-6-4-5-13(9-14)21(22,23)24/h2-9,11,26H,1H3/b16-11-. The van der Waals surface area contributed by atoms with Gasteiger partial charge in [-0.05, 0) is 42.8 Å². The highest BCUT2D eigenvalue weighted by Gasteiger charge is 2.30. The Labute approximate surface area is 162 Å². The first-order valence-corrected chi connectivity index (χ1v) is 8.59. The number of pyridine rings is 1. The maximum atomic E-state index is 13.1. The lowest BCUT2D eigenvalue weighted by Crippen LogP contribution is -2.34. The molecule has 0 unspecified atom stereocenters. The van der Waals surface area contributed by atoms with Crippen molar-refractivity contribution in [3.05, 3.63) is 80.8 Å². The van der Waals surface area contributed by atoms with Crippen molar-refractivity contribution in [2.45, 2.75) is 13.1 Å². The average molecular weight is 394 g/mol. The second kappa shape index (κ2) is 6.63. The van der Waals surface area contributed by atoms with Crippen LogP contribution in [-0.4, -0.2) is 9.38 Å². The molecule has 8 heteroatoms. The van der Waals surface area contributed by atoms with Crippen LogP contribution in [0.25, 0.3) is 22.9 Å². The van der Waals surface area contributed by atoms with Crippen LogP contribution in [0, 0.1) is 18.3 Å². The first kappa shape index (κ1) is 18.5. The van der Waals surface area contributed by atoms with Gasteiger partial charge >= 0.3 is 6.18 Å². The van der Waals surface area contributed by atoms with E-state index in [1.165, 1.54) is 22.7 Å². The summed E-state index contributed by atoms with van der Waals surface area (Å²) >= 11 is 0. The molecule has 5 nitrogen and oxygen atoms in total. The lowest BCUT2D eigenvalue weighted by molar-refractivity contribution is -0.137. The quantitative estimate of drug-likeness (QED) is 0.564. The number of halogens is 3. The van der Waals surface area contributed by atoms with E-state index < -0.39 is 17.3 Å². The number of para-hydroxylation sites is 2. The Morgan fingerprint density at radius 3 is 2.66 bits per heavy atom. The number of imidazole rings is 1. The average Bonchev–Trinajstić information content (AvgIpc) is 3.07. The zero-order valence-electron chi connectivity index (χ0n) is 15.1. The van der Waals surface area contributed by atoms with Gasteiger partial charge in [0, 0.05) is 11.9 Å². The number of nitriles is 1. The Hall–Kier alpha value is -3.86. The molecule has 0 aliphatic heterocycles. The molecule has 0 radical (unpaired) electrons. The lowest BCUT2D eigenvalue weighted by atomic mass is 10.1. The summed E-state index contributed by atoms with van der Waals surface area (Å²) in [5.74, 6) is 0. The maximum Gasteiger partial charge on any atom is 0.416 e. The van der Waals surface area contributed by atoms with Crippen molar-refractivity contribution in [3.8, 4) is 6.07 Å². The van der Waals surface area contributed by atoms with E-state index in [1.807, 2.05) is 0 Å². The normalized spacial score (nSPS) is 12.4. The van der Waals surface area contributed by atoms with Gasteiger partial charge in [-0.25, -0.2) is 4.98 Å². The predicted molar refractivity (Wildman–Crippen MR) is 103 cm³/mol. The molecule has 0 bridgehead atoms. The number of aromatic nitrogens is 2. The van der Waals surface area contributed by atoms with Crippen molar-refractivity contribution in [3.63, 3.8) is 0 Å². The molecule has 29 heavy (non-hydrogen) atoms. The topological polar surface area (TPSA) is 70.2 Å². The van der Waals surface area contributed by atoms with Crippen LogP contribution in [0.3, 0.4) is 0 Å². The van der Waals surface area contributed by atoms with E-state index in [9.17, 15) is 23.2 Å². The predicted octanol–water partition coefficient (Wildman–Crippen LogP) is 3.62. The largest absolute Gasteiger partial charge is 0.416 e. The number of nitrogens with one attached hydrogen (secondary N) is 1. The zero-order valence-corrected chi connectivity index (χ0v) is 15.1. The van der Waals surface area contributed by atoms with E-state index in [2.05, 4.69) is 16.4 Å². The summed E-state index contributed by atoms with van der Waals surface area (Å²) in [6.45, 7) is 1.61. The Morgan fingerprint density at radius 1 is 1.17 bits per heavy atom. The molecule has 0 saturated carbocycles. The fourth-order valence-corrected chi connectivity index (χ4v) is 3.23. The number of nitrogens with zero attached hydrogens (tertiary/aromatic N) is 3. The molecule has 2 aromatic heterocycles. The first-order chi connectivity index (χ1) is 13.8. The summed E-state index contributed by atoms with van der Waals surface area (Å²) in [6, 6.07) is 13.7. The summed E-state index contributed by atoms with van der Waals surface area (Å²) in [4.78, 5) is 17.5. The van der Waals surface area contributed by atoms with E-state index in [0.29, 0.717) is 16.6 Å². The highest BCUT2D eigenvalue weighted by molar-refractivity contribution is 5.82. The smallest absolute Gasteiger partial charge is 0.361 e. The van der Waals surface area contributed by atoms with E-state index in [1.54, 1.807) is 31.2 Å². The number of hydrogen-bond acceptors (Lipinski definition) is 4.